The summed E-state index contributed by atoms with van der Waals surface area (Å²) in [5.41, 5.74) is 7.05. The standard InChI is InChI=1S/C29H25N3O4/c1-35-21-13-10-19(11-14-21)25-26(27(33)20-7-5-8-22(16-20)36-2)32-23-9-4-3-6-18(23)12-15-24(32)29(25,17-30)28(31)34/h3-16,24-26H,1-2H3,(H2,31,34)/t24-,25-,26-,29+/m1/s1. The summed E-state index contributed by atoms with van der Waals surface area (Å²) < 4.78 is 10.7. The number of carbonyl (C=O) groups is 2. The van der Waals surface area contributed by atoms with Gasteiger partial charge >= 0.3 is 0 Å². The van der Waals surface area contributed by atoms with E-state index in [0.717, 1.165) is 11.3 Å². The molecule has 0 aliphatic carbocycles. The van der Waals surface area contributed by atoms with Crippen LogP contribution in [0.4, 0.5) is 5.69 Å². The van der Waals surface area contributed by atoms with E-state index in [0.29, 0.717) is 22.6 Å². The van der Waals surface area contributed by atoms with Crippen LogP contribution in [-0.2, 0) is 4.79 Å². The molecule has 3 aromatic rings. The van der Waals surface area contributed by atoms with Crippen molar-refractivity contribution in [1.82, 2.24) is 0 Å². The fraction of sp³-hybridized carbons (Fsp3) is 0.207. The Balaban J connectivity index is 1.78. The Kier molecular flexibility index (Phi) is 5.73. The average Bonchev–Trinajstić information content (AvgIpc) is 3.24. The lowest BCUT2D eigenvalue weighted by molar-refractivity contribution is -0.125. The quantitative estimate of drug-likeness (QED) is 0.537. The number of benzene rings is 3. The van der Waals surface area contributed by atoms with Gasteiger partial charge in [0.25, 0.3) is 0 Å². The molecule has 1 fully saturated rings. The highest BCUT2D eigenvalue weighted by atomic mass is 16.5. The van der Waals surface area contributed by atoms with Gasteiger partial charge in [-0.3, -0.25) is 9.59 Å². The zero-order chi connectivity index (χ0) is 25.4. The predicted octanol–water partition coefficient (Wildman–Crippen LogP) is 3.95. The van der Waals surface area contributed by atoms with Gasteiger partial charge in [0.15, 0.2) is 11.2 Å². The van der Waals surface area contributed by atoms with Crippen molar-refractivity contribution in [2.45, 2.75) is 18.0 Å². The van der Waals surface area contributed by atoms with Crippen LogP contribution in [0.1, 0.15) is 27.4 Å². The van der Waals surface area contributed by atoms with Crippen molar-refractivity contribution in [2.75, 3.05) is 19.1 Å². The molecule has 1 amide bonds. The molecule has 4 atom stereocenters. The number of anilines is 1. The molecule has 180 valence electrons. The zero-order valence-corrected chi connectivity index (χ0v) is 19.9. The number of Topliss-reactive ketones (excluding diaryl/α,β-unsaturated/α-hetero) is 1. The number of ether oxygens (including phenoxy) is 2. The lowest BCUT2D eigenvalue weighted by Crippen LogP contribution is -2.49. The number of nitrogens with zero attached hydrogens (tertiary/aromatic N) is 2. The second kappa shape index (κ2) is 8.90. The van der Waals surface area contributed by atoms with E-state index in [4.69, 9.17) is 15.2 Å². The first-order valence-corrected chi connectivity index (χ1v) is 11.5. The summed E-state index contributed by atoms with van der Waals surface area (Å²) in [4.78, 5) is 29.4. The van der Waals surface area contributed by atoms with Gasteiger partial charge in [0, 0.05) is 17.2 Å². The van der Waals surface area contributed by atoms with Gasteiger partial charge in [-0.1, -0.05) is 54.6 Å². The summed E-state index contributed by atoms with van der Waals surface area (Å²) in [6.45, 7) is 0. The summed E-state index contributed by atoms with van der Waals surface area (Å²) in [5, 5.41) is 10.6. The van der Waals surface area contributed by atoms with Crippen molar-refractivity contribution in [1.29, 1.82) is 5.26 Å². The van der Waals surface area contributed by atoms with E-state index in [-0.39, 0.29) is 5.78 Å². The molecular formula is C29H25N3O4. The first kappa shape index (κ1) is 23.2. The predicted molar refractivity (Wildman–Crippen MR) is 136 cm³/mol. The molecule has 7 nitrogen and oxygen atoms in total. The van der Waals surface area contributed by atoms with Crippen molar-refractivity contribution in [3.8, 4) is 17.6 Å². The highest BCUT2D eigenvalue weighted by molar-refractivity contribution is 6.06. The summed E-state index contributed by atoms with van der Waals surface area (Å²) >= 11 is 0. The van der Waals surface area contributed by atoms with E-state index in [1.807, 2.05) is 41.3 Å². The molecule has 0 aromatic heterocycles. The molecule has 1 saturated heterocycles. The van der Waals surface area contributed by atoms with Crippen LogP contribution in [0, 0.1) is 16.7 Å². The third kappa shape index (κ3) is 3.34. The van der Waals surface area contributed by atoms with Crippen LogP contribution in [0.3, 0.4) is 0 Å². The number of nitriles is 1. The molecule has 0 saturated carbocycles. The number of fused-ring (bicyclic) bond motifs is 3. The van der Waals surface area contributed by atoms with Crippen molar-refractivity contribution in [3.05, 3.63) is 95.6 Å². The van der Waals surface area contributed by atoms with Crippen molar-refractivity contribution >= 4 is 23.5 Å². The summed E-state index contributed by atoms with van der Waals surface area (Å²) in [7, 11) is 3.10. The molecular weight excluding hydrogens is 454 g/mol. The normalized spacial score (nSPS) is 23.8. The number of amides is 1. The van der Waals surface area contributed by atoms with Crippen LogP contribution in [0.25, 0.3) is 6.08 Å². The molecule has 2 N–H and O–H groups in total. The minimum absolute atomic E-state index is 0.233. The van der Waals surface area contributed by atoms with Crippen LogP contribution < -0.4 is 20.1 Å². The topological polar surface area (TPSA) is 106 Å². The van der Waals surface area contributed by atoms with Gasteiger partial charge in [0.2, 0.25) is 5.91 Å². The SMILES string of the molecule is COc1ccc([C@@H]2[C@H](C(=O)c3cccc(OC)c3)N3c4ccccc4C=C[C@@H]3[C@]2(C#N)C(N)=O)cc1. The minimum Gasteiger partial charge on any atom is -0.497 e. The number of ketones is 1. The van der Waals surface area contributed by atoms with Crippen LogP contribution in [0.2, 0.25) is 0 Å². The maximum atomic E-state index is 14.3. The van der Waals surface area contributed by atoms with Gasteiger partial charge in [-0.05, 0) is 41.5 Å². The fourth-order valence-electron chi connectivity index (χ4n) is 5.56. The first-order chi connectivity index (χ1) is 17.5. The van der Waals surface area contributed by atoms with E-state index in [1.54, 1.807) is 55.6 Å². The summed E-state index contributed by atoms with van der Waals surface area (Å²) in [6.07, 6.45) is 3.70. The molecule has 2 aliphatic heterocycles. The number of nitrogens with two attached hydrogens (primary N) is 1. The van der Waals surface area contributed by atoms with Crippen molar-refractivity contribution in [2.24, 2.45) is 11.1 Å². The van der Waals surface area contributed by atoms with Gasteiger partial charge in [-0.15, -0.1) is 0 Å². The third-order valence-corrected chi connectivity index (χ3v) is 7.24. The first-order valence-electron chi connectivity index (χ1n) is 11.5. The lowest BCUT2D eigenvalue weighted by Gasteiger charge is -2.36. The van der Waals surface area contributed by atoms with Crippen LogP contribution in [0.5, 0.6) is 11.5 Å². The zero-order valence-electron chi connectivity index (χ0n) is 19.9. The Morgan fingerprint density at radius 1 is 0.972 bits per heavy atom. The molecule has 0 unspecified atom stereocenters. The number of hydrogen-bond donors (Lipinski definition) is 1. The van der Waals surface area contributed by atoms with E-state index in [1.165, 1.54) is 7.11 Å². The van der Waals surface area contributed by atoms with E-state index in [9.17, 15) is 14.9 Å². The maximum Gasteiger partial charge on any atom is 0.241 e. The number of para-hydroxylation sites is 1. The molecule has 0 spiro atoms. The fourth-order valence-corrected chi connectivity index (χ4v) is 5.56. The highest BCUT2D eigenvalue weighted by Crippen LogP contribution is 2.55. The Bertz CT molecular complexity index is 1410. The van der Waals surface area contributed by atoms with Gasteiger partial charge < -0.3 is 20.1 Å². The number of rotatable bonds is 6. The Hall–Kier alpha value is -4.57. The maximum absolute atomic E-state index is 14.3. The van der Waals surface area contributed by atoms with Crippen molar-refractivity contribution in [3.63, 3.8) is 0 Å². The highest BCUT2D eigenvalue weighted by Gasteiger charge is 2.65. The number of primary amides is 1. The largest absolute Gasteiger partial charge is 0.497 e. The molecule has 7 heteroatoms. The summed E-state index contributed by atoms with van der Waals surface area (Å²) in [6, 6.07) is 22.3. The number of methoxy groups -OCH3 is 2. The molecule has 2 heterocycles. The van der Waals surface area contributed by atoms with Gasteiger partial charge in [0.05, 0.1) is 26.3 Å². The van der Waals surface area contributed by atoms with Gasteiger partial charge in [-0.2, -0.15) is 5.26 Å². The Labute approximate surface area is 209 Å². The molecule has 2 aliphatic rings. The van der Waals surface area contributed by atoms with Gasteiger partial charge in [-0.25, -0.2) is 0 Å². The number of carbonyl (C=O) groups excluding carboxylic acids is 2. The lowest BCUT2D eigenvalue weighted by atomic mass is 9.67. The minimum atomic E-state index is -1.70. The van der Waals surface area contributed by atoms with Crippen LogP contribution in [-0.4, -0.2) is 38.0 Å². The average molecular weight is 480 g/mol. The molecule has 0 bridgehead atoms. The summed E-state index contributed by atoms with van der Waals surface area (Å²) in [5.74, 6) is -0.687. The van der Waals surface area contributed by atoms with E-state index < -0.39 is 29.3 Å². The monoisotopic (exact) mass is 479 g/mol. The molecule has 5 rings (SSSR count). The van der Waals surface area contributed by atoms with E-state index in [2.05, 4.69) is 6.07 Å². The Morgan fingerprint density at radius 3 is 2.36 bits per heavy atom. The smallest absolute Gasteiger partial charge is 0.241 e. The van der Waals surface area contributed by atoms with Crippen molar-refractivity contribution < 1.29 is 19.1 Å². The Morgan fingerprint density at radius 2 is 1.69 bits per heavy atom. The molecule has 0 radical (unpaired) electrons. The molecule has 36 heavy (non-hydrogen) atoms. The second-order valence-corrected chi connectivity index (χ2v) is 8.91. The number of hydrogen-bond acceptors (Lipinski definition) is 6. The van der Waals surface area contributed by atoms with E-state index >= 15 is 0 Å². The van der Waals surface area contributed by atoms with Gasteiger partial charge in [0.1, 0.15) is 17.5 Å². The van der Waals surface area contributed by atoms with Crippen LogP contribution in [0.15, 0.2) is 78.9 Å². The molecule has 3 aromatic carbocycles. The third-order valence-electron chi connectivity index (χ3n) is 7.24. The second-order valence-electron chi connectivity index (χ2n) is 8.91. The van der Waals surface area contributed by atoms with Crippen LogP contribution >= 0.6 is 0 Å².